The number of nitrogens with one attached hydrogen (secondary N) is 3. The highest BCUT2D eigenvalue weighted by Crippen LogP contribution is 2.14. The molecule has 0 aromatic heterocycles. The standard InChI is InChI=1S/C15H22N4O2/c16-15(21)19-13-3-1-2-12(8-13)10-18-14(20)5-4-11-6-7-17-9-11/h1-3,8,11,17H,4-7,9-10H2,(H,18,20)(H3,16,19,21). The Morgan fingerprint density at radius 3 is 2.95 bits per heavy atom. The van der Waals surface area contributed by atoms with Crippen LogP contribution in [0.4, 0.5) is 10.5 Å². The SMILES string of the molecule is NC(=O)Nc1cccc(CNC(=O)CCC2CCNC2)c1. The van der Waals surface area contributed by atoms with E-state index in [0.29, 0.717) is 24.6 Å². The van der Waals surface area contributed by atoms with Gasteiger partial charge >= 0.3 is 6.03 Å². The minimum Gasteiger partial charge on any atom is -0.352 e. The van der Waals surface area contributed by atoms with Crippen LogP contribution in [-0.4, -0.2) is 25.0 Å². The van der Waals surface area contributed by atoms with Gasteiger partial charge in [-0.3, -0.25) is 4.79 Å². The molecule has 0 spiro atoms. The Bertz CT molecular complexity index is 498. The van der Waals surface area contributed by atoms with Crippen molar-refractivity contribution in [3.05, 3.63) is 29.8 Å². The Balaban J connectivity index is 1.73. The van der Waals surface area contributed by atoms with Crippen molar-refractivity contribution in [2.24, 2.45) is 11.7 Å². The monoisotopic (exact) mass is 290 g/mol. The molecule has 1 aliphatic heterocycles. The number of amides is 3. The van der Waals surface area contributed by atoms with Crippen molar-refractivity contribution in [3.63, 3.8) is 0 Å². The fraction of sp³-hybridized carbons (Fsp3) is 0.467. The second kappa shape index (κ2) is 7.64. The number of carbonyl (C=O) groups excluding carboxylic acids is 2. The number of primary amides is 1. The van der Waals surface area contributed by atoms with Crippen molar-refractivity contribution < 1.29 is 9.59 Å². The van der Waals surface area contributed by atoms with Gasteiger partial charge in [0.05, 0.1) is 0 Å². The third-order valence-electron chi connectivity index (χ3n) is 3.63. The highest BCUT2D eigenvalue weighted by atomic mass is 16.2. The molecule has 1 aromatic carbocycles. The van der Waals surface area contributed by atoms with Crippen LogP contribution >= 0.6 is 0 Å². The van der Waals surface area contributed by atoms with Gasteiger partial charge in [-0.2, -0.15) is 0 Å². The van der Waals surface area contributed by atoms with Crippen molar-refractivity contribution in [3.8, 4) is 0 Å². The molecule has 1 fully saturated rings. The second-order valence-electron chi connectivity index (χ2n) is 5.36. The van der Waals surface area contributed by atoms with Gasteiger partial charge in [-0.05, 0) is 49.5 Å². The number of hydrogen-bond donors (Lipinski definition) is 4. The topological polar surface area (TPSA) is 96.2 Å². The quantitative estimate of drug-likeness (QED) is 0.633. The van der Waals surface area contributed by atoms with Gasteiger partial charge in [-0.1, -0.05) is 12.1 Å². The molecule has 1 aliphatic rings. The third-order valence-corrected chi connectivity index (χ3v) is 3.63. The predicted octanol–water partition coefficient (Wildman–Crippen LogP) is 1.18. The van der Waals surface area contributed by atoms with Gasteiger partial charge in [0, 0.05) is 18.7 Å². The molecule has 6 heteroatoms. The largest absolute Gasteiger partial charge is 0.352 e. The van der Waals surface area contributed by atoms with E-state index in [2.05, 4.69) is 16.0 Å². The lowest BCUT2D eigenvalue weighted by Crippen LogP contribution is -2.24. The molecular formula is C15H22N4O2. The maximum absolute atomic E-state index is 11.8. The Hall–Kier alpha value is -2.08. The van der Waals surface area contributed by atoms with Crippen LogP contribution in [0.3, 0.4) is 0 Å². The zero-order valence-electron chi connectivity index (χ0n) is 12.0. The fourth-order valence-electron chi connectivity index (χ4n) is 2.49. The lowest BCUT2D eigenvalue weighted by atomic mass is 10.0. The summed E-state index contributed by atoms with van der Waals surface area (Å²) in [5.41, 5.74) is 6.63. The smallest absolute Gasteiger partial charge is 0.316 e. The summed E-state index contributed by atoms with van der Waals surface area (Å²) in [6.07, 6.45) is 2.65. The molecule has 21 heavy (non-hydrogen) atoms. The van der Waals surface area contributed by atoms with E-state index in [1.807, 2.05) is 12.1 Å². The number of anilines is 1. The van der Waals surface area contributed by atoms with Crippen molar-refractivity contribution >= 4 is 17.6 Å². The van der Waals surface area contributed by atoms with Gasteiger partial charge in [0.2, 0.25) is 5.91 Å². The van der Waals surface area contributed by atoms with E-state index >= 15 is 0 Å². The summed E-state index contributed by atoms with van der Waals surface area (Å²) in [6, 6.07) is 6.67. The van der Waals surface area contributed by atoms with Crippen molar-refractivity contribution in [2.75, 3.05) is 18.4 Å². The first-order valence-corrected chi connectivity index (χ1v) is 7.26. The average Bonchev–Trinajstić information content (AvgIpc) is 2.96. The van der Waals surface area contributed by atoms with Crippen molar-refractivity contribution in [1.82, 2.24) is 10.6 Å². The summed E-state index contributed by atoms with van der Waals surface area (Å²) in [4.78, 5) is 22.6. The zero-order valence-corrected chi connectivity index (χ0v) is 12.0. The van der Waals surface area contributed by atoms with Gasteiger partial charge in [0.25, 0.3) is 0 Å². The first kappa shape index (κ1) is 15.3. The number of hydrogen-bond acceptors (Lipinski definition) is 3. The molecule has 0 radical (unpaired) electrons. The van der Waals surface area contributed by atoms with Crippen LogP contribution in [-0.2, 0) is 11.3 Å². The molecular weight excluding hydrogens is 268 g/mol. The van der Waals surface area contributed by atoms with E-state index in [1.165, 1.54) is 0 Å². The molecule has 6 nitrogen and oxygen atoms in total. The maximum atomic E-state index is 11.8. The van der Waals surface area contributed by atoms with Gasteiger partial charge in [0.15, 0.2) is 0 Å². The Morgan fingerprint density at radius 1 is 1.38 bits per heavy atom. The Kier molecular flexibility index (Phi) is 5.57. The van der Waals surface area contributed by atoms with Crippen LogP contribution in [0.1, 0.15) is 24.8 Å². The molecule has 2 rings (SSSR count). The summed E-state index contributed by atoms with van der Waals surface area (Å²) in [6.45, 7) is 2.54. The molecule has 0 bridgehead atoms. The fourth-order valence-corrected chi connectivity index (χ4v) is 2.49. The molecule has 1 aromatic rings. The number of rotatable bonds is 6. The first-order valence-electron chi connectivity index (χ1n) is 7.26. The van der Waals surface area contributed by atoms with E-state index in [1.54, 1.807) is 12.1 Å². The van der Waals surface area contributed by atoms with Crippen LogP contribution in [0, 0.1) is 5.92 Å². The molecule has 1 saturated heterocycles. The second-order valence-corrected chi connectivity index (χ2v) is 5.36. The summed E-state index contributed by atoms with van der Waals surface area (Å²) < 4.78 is 0. The molecule has 114 valence electrons. The number of carbonyl (C=O) groups is 2. The molecule has 3 amide bonds. The first-order chi connectivity index (χ1) is 10.1. The zero-order chi connectivity index (χ0) is 15.1. The molecule has 1 heterocycles. The van der Waals surface area contributed by atoms with E-state index < -0.39 is 6.03 Å². The number of benzene rings is 1. The van der Waals surface area contributed by atoms with E-state index in [0.717, 1.165) is 31.5 Å². The van der Waals surface area contributed by atoms with E-state index in [4.69, 9.17) is 5.73 Å². The Morgan fingerprint density at radius 2 is 2.24 bits per heavy atom. The summed E-state index contributed by atoms with van der Waals surface area (Å²) in [5, 5.41) is 8.71. The van der Waals surface area contributed by atoms with Crippen LogP contribution < -0.4 is 21.7 Å². The molecule has 0 aliphatic carbocycles. The number of nitrogens with two attached hydrogens (primary N) is 1. The highest BCUT2D eigenvalue weighted by molar-refractivity contribution is 5.87. The number of urea groups is 1. The summed E-state index contributed by atoms with van der Waals surface area (Å²) in [5.74, 6) is 0.689. The third kappa shape index (κ3) is 5.43. The minimum atomic E-state index is -0.596. The molecule has 1 atom stereocenters. The van der Waals surface area contributed by atoms with Gasteiger partial charge in [-0.25, -0.2) is 4.79 Å². The normalized spacial score (nSPS) is 17.4. The lowest BCUT2D eigenvalue weighted by Gasteiger charge is -2.09. The molecule has 5 N–H and O–H groups in total. The van der Waals surface area contributed by atoms with Crippen molar-refractivity contribution in [1.29, 1.82) is 0 Å². The molecule has 1 unspecified atom stereocenters. The van der Waals surface area contributed by atoms with E-state index in [9.17, 15) is 9.59 Å². The van der Waals surface area contributed by atoms with Gasteiger partial charge in [-0.15, -0.1) is 0 Å². The summed E-state index contributed by atoms with van der Waals surface area (Å²) >= 11 is 0. The van der Waals surface area contributed by atoms with E-state index in [-0.39, 0.29) is 5.91 Å². The lowest BCUT2D eigenvalue weighted by molar-refractivity contribution is -0.121. The van der Waals surface area contributed by atoms with Gasteiger partial charge in [0.1, 0.15) is 0 Å². The highest BCUT2D eigenvalue weighted by Gasteiger charge is 2.15. The van der Waals surface area contributed by atoms with Crippen molar-refractivity contribution in [2.45, 2.75) is 25.8 Å². The minimum absolute atomic E-state index is 0.0650. The maximum Gasteiger partial charge on any atom is 0.316 e. The summed E-state index contributed by atoms with van der Waals surface area (Å²) in [7, 11) is 0. The van der Waals surface area contributed by atoms with Crippen LogP contribution in [0.15, 0.2) is 24.3 Å². The van der Waals surface area contributed by atoms with Crippen LogP contribution in [0.2, 0.25) is 0 Å². The Labute approximate surface area is 124 Å². The van der Waals surface area contributed by atoms with Crippen LogP contribution in [0.25, 0.3) is 0 Å². The van der Waals surface area contributed by atoms with Crippen LogP contribution in [0.5, 0.6) is 0 Å². The van der Waals surface area contributed by atoms with Gasteiger partial charge < -0.3 is 21.7 Å². The predicted molar refractivity (Wildman–Crippen MR) is 81.7 cm³/mol. The average molecular weight is 290 g/mol. The molecule has 0 saturated carbocycles.